The van der Waals surface area contributed by atoms with Gasteiger partial charge in [0.15, 0.2) is 0 Å². The molecule has 0 spiro atoms. The Kier molecular flexibility index (Phi) is 3.31. The van der Waals surface area contributed by atoms with Crippen molar-refractivity contribution in [1.29, 1.82) is 5.26 Å². The fraction of sp³-hybridized carbons (Fsp3) is 0.235. The lowest BCUT2D eigenvalue weighted by Gasteiger charge is -2.43. The Hall–Kier alpha value is -2.11. The number of hydrogen-bond donors (Lipinski definition) is 0. The van der Waals surface area contributed by atoms with Crippen molar-refractivity contribution < 1.29 is 0 Å². The van der Waals surface area contributed by atoms with E-state index in [-0.39, 0.29) is 12.1 Å². The molecule has 1 aliphatic heterocycles. The number of nitrogens with zero attached hydrogens (tertiary/aromatic N) is 2. The zero-order valence-corrected chi connectivity index (χ0v) is 10.7. The highest BCUT2D eigenvalue weighted by Crippen LogP contribution is 2.35. The quantitative estimate of drug-likeness (QED) is 0.832. The Balaban J connectivity index is 2.00. The number of nitriles is 1. The van der Waals surface area contributed by atoms with Gasteiger partial charge >= 0.3 is 0 Å². The molecule has 1 heterocycles. The maximum Gasteiger partial charge on any atom is 0.0997 e. The average molecular weight is 248 g/mol. The first-order valence-corrected chi connectivity index (χ1v) is 6.65. The molecule has 2 heteroatoms. The van der Waals surface area contributed by atoms with Crippen LogP contribution in [0.3, 0.4) is 0 Å². The maximum atomic E-state index is 9.21. The van der Waals surface area contributed by atoms with Gasteiger partial charge in [-0.3, -0.25) is 4.90 Å². The van der Waals surface area contributed by atoms with Crippen LogP contribution in [0.15, 0.2) is 60.7 Å². The Morgan fingerprint density at radius 3 is 1.84 bits per heavy atom. The molecule has 2 aromatic carbocycles. The normalized spacial score (nSPS) is 18.8. The van der Waals surface area contributed by atoms with Crippen LogP contribution in [0.5, 0.6) is 0 Å². The lowest BCUT2D eigenvalue weighted by Crippen LogP contribution is -2.48. The zero-order chi connectivity index (χ0) is 13.1. The Bertz CT molecular complexity index is 532. The summed E-state index contributed by atoms with van der Waals surface area (Å²) < 4.78 is 0. The molecule has 1 fully saturated rings. The number of likely N-dealkylation sites (tertiary alicyclic amines) is 1. The van der Waals surface area contributed by atoms with E-state index in [9.17, 15) is 5.26 Å². The molecule has 0 N–H and O–H groups in total. The highest BCUT2D eigenvalue weighted by Gasteiger charge is 2.35. The van der Waals surface area contributed by atoms with Crippen molar-refractivity contribution in [3.8, 4) is 6.07 Å². The Morgan fingerprint density at radius 2 is 1.47 bits per heavy atom. The number of rotatable bonds is 3. The molecule has 0 amide bonds. The molecule has 1 saturated heterocycles. The molecule has 3 rings (SSSR count). The van der Waals surface area contributed by atoms with Gasteiger partial charge in [-0.25, -0.2) is 0 Å². The van der Waals surface area contributed by atoms with Crippen LogP contribution in [0.25, 0.3) is 0 Å². The lowest BCUT2D eigenvalue weighted by molar-refractivity contribution is 0.0937. The van der Waals surface area contributed by atoms with E-state index in [1.54, 1.807) is 0 Å². The van der Waals surface area contributed by atoms with Crippen LogP contribution in [0.4, 0.5) is 0 Å². The van der Waals surface area contributed by atoms with Crippen molar-refractivity contribution in [3.63, 3.8) is 0 Å². The van der Waals surface area contributed by atoms with E-state index in [1.165, 1.54) is 11.1 Å². The minimum atomic E-state index is 0.0467. The first kappa shape index (κ1) is 12.0. The molecular formula is C17H16N2. The van der Waals surface area contributed by atoms with Crippen molar-refractivity contribution >= 4 is 0 Å². The van der Waals surface area contributed by atoms with Gasteiger partial charge in [0, 0.05) is 6.54 Å². The minimum Gasteiger partial charge on any atom is -0.277 e. The zero-order valence-electron chi connectivity index (χ0n) is 10.7. The van der Waals surface area contributed by atoms with Gasteiger partial charge in [-0.1, -0.05) is 60.7 Å². The van der Waals surface area contributed by atoms with Crippen molar-refractivity contribution in [2.24, 2.45) is 0 Å². The van der Waals surface area contributed by atoms with Crippen LogP contribution in [0, 0.1) is 11.3 Å². The molecule has 0 saturated carbocycles. The van der Waals surface area contributed by atoms with E-state index in [1.807, 2.05) is 12.1 Å². The van der Waals surface area contributed by atoms with E-state index in [0.29, 0.717) is 0 Å². The van der Waals surface area contributed by atoms with E-state index in [0.717, 1.165) is 13.0 Å². The monoisotopic (exact) mass is 248 g/mol. The molecule has 0 radical (unpaired) electrons. The fourth-order valence-electron chi connectivity index (χ4n) is 2.70. The molecule has 2 nitrogen and oxygen atoms in total. The van der Waals surface area contributed by atoms with Gasteiger partial charge in [-0.2, -0.15) is 5.26 Å². The molecule has 1 unspecified atom stereocenters. The Morgan fingerprint density at radius 1 is 0.947 bits per heavy atom. The third-order valence-electron chi connectivity index (χ3n) is 3.77. The van der Waals surface area contributed by atoms with Gasteiger partial charge < -0.3 is 0 Å². The highest BCUT2D eigenvalue weighted by atomic mass is 15.2. The first-order chi connectivity index (χ1) is 9.40. The SMILES string of the molecule is N#CC1CCN1C(c1ccccc1)c1ccccc1. The standard InChI is InChI=1S/C17H16N2/c18-13-16-11-12-19(16)17(14-7-3-1-4-8-14)15-9-5-2-6-10-15/h1-10,16-17H,11-12H2. The second-order valence-corrected chi connectivity index (χ2v) is 4.90. The van der Waals surface area contributed by atoms with Crippen molar-refractivity contribution in [1.82, 2.24) is 4.90 Å². The third kappa shape index (κ3) is 2.25. The molecule has 0 aliphatic carbocycles. The van der Waals surface area contributed by atoms with Crippen molar-refractivity contribution in [3.05, 3.63) is 71.8 Å². The van der Waals surface area contributed by atoms with Gasteiger partial charge in [-0.15, -0.1) is 0 Å². The molecule has 19 heavy (non-hydrogen) atoms. The van der Waals surface area contributed by atoms with Gasteiger partial charge in [0.1, 0.15) is 0 Å². The highest BCUT2D eigenvalue weighted by molar-refractivity contribution is 5.33. The summed E-state index contributed by atoms with van der Waals surface area (Å²) in [5.74, 6) is 0. The summed E-state index contributed by atoms with van der Waals surface area (Å²) in [4.78, 5) is 2.28. The van der Waals surface area contributed by atoms with Crippen molar-refractivity contribution in [2.75, 3.05) is 6.54 Å². The number of hydrogen-bond acceptors (Lipinski definition) is 2. The third-order valence-corrected chi connectivity index (χ3v) is 3.77. The summed E-state index contributed by atoms with van der Waals surface area (Å²) in [6.45, 7) is 0.993. The topological polar surface area (TPSA) is 27.0 Å². The second kappa shape index (κ2) is 5.26. The molecule has 1 aliphatic rings. The van der Waals surface area contributed by atoms with Crippen molar-refractivity contribution in [2.45, 2.75) is 18.5 Å². The van der Waals surface area contributed by atoms with Gasteiger partial charge in [0.05, 0.1) is 18.2 Å². The van der Waals surface area contributed by atoms with E-state index in [4.69, 9.17) is 0 Å². The summed E-state index contributed by atoms with van der Waals surface area (Å²) in [5, 5.41) is 9.21. The molecular weight excluding hydrogens is 232 g/mol. The fourth-order valence-corrected chi connectivity index (χ4v) is 2.70. The van der Waals surface area contributed by atoms with Gasteiger partial charge in [0.25, 0.3) is 0 Å². The van der Waals surface area contributed by atoms with E-state index < -0.39 is 0 Å². The summed E-state index contributed by atoms with van der Waals surface area (Å²) in [5.41, 5.74) is 2.52. The summed E-state index contributed by atoms with van der Waals surface area (Å²) in [6, 6.07) is 23.5. The van der Waals surface area contributed by atoms with Crippen LogP contribution < -0.4 is 0 Å². The van der Waals surface area contributed by atoms with Crippen LogP contribution in [-0.4, -0.2) is 17.5 Å². The predicted octanol–water partition coefficient (Wildman–Crippen LogP) is 3.37. The molecule has 2 aromatic rings. The largest absolute Gasteiger partial charge is 0.277 e. The lowest BCUT2D eigenvalue weighted by atomic mass is 9.91. The average Bonchev–Trinajstić information content (AvgIpc) is 2.46. The first-order valence-electron chi connectivity index (χ1n) is 6.65. The summed E-state index contributed by atoms with van der Waals surface area (Å²) >= 11 is 0. The van der Waals surface area contributed by atoms with E-state index >= 15 is 0 Å². The second-order valence-electron chi connectivity index (χ2n) is 4.90. The Labute approximate surface area is 113 Å². The van der Waals surface area contributed by atoms with Crippen LogP contribution in [0.2, 0.25) is 0 Å². The predicted molar refractivity (Wildman–Crippen MR) is 75.5 cm³/mol. The molecule has 0 bridgehead atoms. The van der Waals surface area contributed by atoms with E-state index in [2.05, 4.69) is 59.5 Å². The van der Waals surface area contributed by atoms with Gasteiger partial charge in [-0.05, 0) is 17.5 Å². The molecule has 1 atom stereocenters. The summed E-state index contributed by atoms with van der Waals surface area (Å²) in [7, 11) is 0. The van der Waals surface area contributed by atoms with Gasteiger partial charge in [0.2, 0.25) is 0 Å². The molecule has 0 aromatic heterocycles. The smallest absolute Gasteiger partial charge is 0.0997 e. The molecule has 94 valence electrons. The minimum absolute atomic E-state index is 0.0467. The maximum absolute atomic E-state index is 9.21. The van der Waals surface area contributed by atoms with Crippen LogP contribution >= 0.6 is 0 Å². The van der Waals surface area contributed by atoms with Crippen LogP contribution in [0.1, 0.15) is 23.6 Å². The van der Waals surface area contributed by atoms with Crippen LogP contribution in [-0.2, 0) is 0 Å². The number of benzene rings is 2. The summed E-state index contributed by atoms with van der Waals surface area (Å²) in [6.07, 6.45) is 0.979.